The van der Waals surface area contributed by atoms with Crippen LogP contribution in [0, 0.1) is 0 Å². The lowest BCUT2D eigenvalue weighted by Gasteiger charge is -2.45. The summed E-state index contributed by atoms with van der Waals surface area (Å²) in [6, 6.07) is 9.14. The molecule has 0 saturated carbocycles. The number of hydrogen-bond acceptors (Lipinski definition) is 2. The SMILES string of the molecule is CC(C)c1ccccc1C1=CC2CCCC(C1)N2C(=O)OC(C)(C)C. The van der Waals surface area contributed by atoms with E-state index in [1.165, 1.54) is 23.1 Å². The topological polar surface area (TPSA) is 29.5 Å². The Morgan fingerprint density at radius 1 is 1.20 bits per heavy atom. The normalized spacial score (nSPS) is 23.4. The third-order valence-electron chi connectivity index (χ3n) is 5.17. The smallest absolute Gasteiger partial charge is 0.411 e. The Hall–Kier alpha value is -1.77. The summed E-state index contributed by atoms with van der Waals surface area (Å²) in [6.45, 7) is 10.3. The van der Waals surface area contributed by atoms with Gasteiger partial charge in [-0.15, -0.1) is 0 Å². The molecule has 1 aromatic carbocycles. The Balaban J connectivity index is 1.91. The average molecular weight is 341 g/mol. The van der Waals surface area contributed by atoms with Gasteiger partial charge in [0.1, 0.15) is 5.60 Å². The molecule has 3 nitrogen and oxygen atoms in total. The lowest BCUT2D eigenvalue weighted by atomic mass is 9.81. The van der Waals surface area contributed by atoms with Gasteiger partial charge in [-0.25, -0.2) is 4.79 Å². The molecule has 0 aromatic heterocycles. The van der Waals surface area contributed by atoms with E-state index in [0.717, 1.165) is 19.3 Å². The van der Waals surface area contributed by atoms with E-state index in [9.17, 15) is 4.79 Å². The monoisotopic (exact) mass is 341 g/mol. The van der Waals surface area contributed by atoms with E-state index in [1.54, 1.807) is 0 Å². The standard InChI is InChI=1S/C22H31NO2/c1-15(2)19-11-6-7-12-20(19)16-13-17-9-8-10-18(14-16)23(17)21(24)25-22(3,4)5/h6-7,11-13,15,17-18H,8-10,14H2,1-5H3. The van der Waals surface area contributed by atoms with Crippen molar-refractivity contribution < 1.29 is 9.53 Å². The fraction of sp³-hybridized carbons (Fsp3) is 0.591. The molecule has 1 aromatic rings. The number of hydrogen-bond donors (Lipinski definition) is 0. The van der Waals surface area contributed by atoms with Crippen LogP contribution in [0.15, 0.2) is 30.3 Å². The Kier molecular flexibility index (Phi) is 4.95. The van der Waals surface area contributed by atoms with Crippen molar-refractivity contribution in [3.63, 3.8) is 0 Å². The number of amides is 1. The molecule has 0 spiro atoms. The molecule has 2 bridgehead atoms. The minimum atomic E-state index is -0.445. The first-order valence-corrected chi connectivity index (χ1v) is 9.57. The molecule has 0 radical (unpaired) electrons. The van der Waals surface area contributed by atoms with Crippen LogP contribution in [0.1, 0.15) is 77.3 Å². The number of piperidine rings is 1. The second-order valence-corrected chi connectivity index (χ2v) is 8.68. The van der Waals surface area contributed by atoms with E-state index < -0.39 is 5.60 Å². The van der Waals surface area contributed by atoms with E-state index in [-0.39, 0.29) is 18.2 Å². The zero-order valence-corrected chi connectivity index (χ0v) is 16.2. The summed E-state index contributed by atoms with van der Waals surface area (Å²) in [4.78, 5) is 14.7. The van der Waals surface area contributed by atoms with Gasteiger partial charge in [-0.3, -0.25) is 4.90 Å². The van der Waals surface area contributed by atoms with Crippen LogP contribution in [-0.2, 0) is 4.74 Å². The summed E-state index contributed by atoms with van der Waals surface area (Å²) in [6.07, 6.45) is 6.37. The van der Waals surface area contributed by atoms with Gasteiger partial charge in [0, 0.05) is 6.04 Å². The van der Waals surface area contributed by atoms with Gasteiger partial charge in [0.05, 0.1) is 6.04 Å². The second-order valence-electron chi connectivity index (χ2n) is 8.68. The number of benzene rings is 1. The lowest BCUT2D eigenvalue weighted by Crippen LogP contribution is -2.53. The highest BCUT2D eigenvalue weighted by Gasteiger charge is 2.39. The largest absolute Gasteiger partial charge is 0.444 e. The molecule has 0 aliphatic carbocycles. The van der Waals surface area contributed by atoms with Crippen LogP contribution >= 0.6 is 0 Å². The molecule has 136 valence electrons. The number of fused-ring (bicyclic) bond motifs is 2. The van der Waals surface area contributed by atoms with Crippen LogP contribution in [-0.4, -0.2) is 28.7 Å². The molecular formula is C22H31NO2. The highest BCUT2D eigenvalue weighted by Crippen LogP contribution is 2.39. The van der Waals surface area contributed by atoms with Gasteiger partial charge in [0.2, 0.25) is 0 Å². The van der Waals surface area contributed by atoms with Crippen LogP contribution in [0.3, 0.4) is 0 Å². The fourth-order valence-electron chi connectivity index (χ4n) is 4.12. The molecule has 25 heavy (non-hydrogen) atoms. The number of rotatable bonds is 2. The molecule has 3 heteroatoms. The Morgan fingerprint density at radius 2 is 1.92 bits per heavy atom. The summed E-state index contributed by atoms with van der Waals surface area (Å²) in [5.74, 6) is 0.501. The number of carbonyl (C=O) groups is 1. The minimum absolute atomic E-state index is 0.158. The Bertz CT molecular complexity index is 669. The summed E-state index contributed by atoms with van der Waals surface area (Å²) in [5, 5.41) is 0. The van der Waals surface area contributed by atoms with Crippen LogP contribution in [0.5, 0.6) is 0 Å². The van der Waals surface area contributed by atoms with Gasteiger partial charge in [-0.05, 0) is 69.1 Å². The van der Waals surface area contributed by atoms with Crippen molar-refractivity contribution in [1.29, 1.82) is 0 Å². The Labute approximate surface area is 152 Å². The van der Waals surface area contributed by atoms with E-state index >= 15 is 0 Å². The van der Waals surface area contributed by atoms with E-state index in [2.05, 4.69) is 44.2 Å². The van der Waals surface area contributed by atoms with Crippen molar-refractivity contribution in [2.45, 2.75) is 83.9 Å². The van der Waals surface area contributed by atoms with E-state index in [1.807, 2.05) is 25.7 Å². The zero-order chi connectivity index (χ0) is 18.2. The van der Waals surface area contributed by atoms with Gasteiger partial charge in [-0.1, -0.05) is 44.2 Å². The Morgan fingerprint density at radius 3 is 2.56 bits per heavy atom. The second kappa shape index (κ2) is 6.86. The number of carbonyl (C=O) groups excluding carboxylic acids is 1. The van der Waals surface area contributed by atoms with Crippen LogP contribution in [0.25, 0.3) is 5.57 Å². The number of nitrogens with zero attached hydrogens (tertiary/aromatic N) is 1. The molecule has 2 aliphatic rings. The van der Waals surface area contributed by atoms with Crippen molar-refractivity contribution in [3.05, 3.63) is 41.5 Å². The zero-order valence-electron chi connectivity index (χ0n) is 16.2. The average Bonchev–Trinajstić information content (AvgIpc) is 2.51. The van der Waals surface area contributed by atoms with Gasteiger partial charge in [0.15, 0.2) is 0 Å². The highest BCUT2D eigenvalue weighted by molar-refractivity contribution is 5.76. The van der Waals surface area contributed by atoms with E-state index in [4.69, 9.17) is 4.74 Å². The van der Waals surface area contributed by atoms with Gasteiger partial charge < -0.3 is 4.74 Å². The predicted octanol–water partition coefficient (Wildman–Crippen LogP) is 5.76. The quantitative estimate of drug-likeness (QED) is 0.685. The van der Waals surface area contributed by atoms with Gasteiger partial charge >= 0.3 is 6.09 Å². The van der Waals surface area contributed by atoms with Crippen LogP contribution < -0.4 is 0 Å². The number of ether oxygens (including phenoxy) is 1. The molecule has 1 amide bonds. The third kappa shape index (κ3) is 3.91. The fourth-order valence-corrected chi connectivity index (χ4v) is 4.12. The minimum Gasteiger partial charge on any atom is -0.444 e. The summed E-state index contributed by atoms with van der Waals surface area (Å²) in [5.41, 5.74) is 3.72. The first-order valence-electron chi connectivity index (χ1n) is 9.57. The first kappa shape index (κ1) is 18.0. The molecular weight excluding hydrogens is 310 g/mol. The molecule has 1 saturated heterocycles. The molecule has 2 heterocycles. The molecule has 2 atom stereocenters. The van der Waals surface area contributed by atoms with Gasteiger partial charge in [0.25, 0.3) is 0 Å². The maximum absolute atomic E-state index is 12.7. The molecule has 2 unspecified atom stereocenters. The highest BCUT2D eigenvalue weighted by atomic mass is 16.6. The summed E-state index contributed by atoms with van der Waals surface area (Å²) < 4.78 is 5.67. The maximum Gasteiger partial charge on any atom is 0.411 e. The lowest BCUT2D eigenvalue weighted by molar-refractivity contribution is 0.0000818. The van der Waals surface area contributed by atoms with Crippen LogP contribution in [0.2, 0.25) is 0 Å². The van der Waals surface area contributed by atoms with Gasteiger partial charge in [-0.2, -0.15) is 0 Å². The van der Waals surface area contributed by atoms with Crippen molar-refractivity contribution in [3.8, 4) is 0 Å². The molecule has 0 N–H and O–H groups in total. The van der Waals surface area contributed by atoms with Crippen molar-refractivity contribution in [2.24, 2.45) is 0 Å². The maximum atomic E-state index is 12.7. The van der Waals surface area contributed by atoms with Crippen molar-refractivity contribution in [1.82, 2.24) is 4.90 Å². The summed E-state index contributed by atoms with van der Waals surface area (Å²) in [7, 11) is 0. The van der Waals surface area contributed by atoms with Crippen LogP contribution in [0.4, 0.5) is 4.79 Å². The first-order chi connectivity index (χ1) is 11.8. The third-order valence-corrected chi connectivity index (χ3v) is 5.17. The molecule has 2 aliphatic heterocycles. The van der Waals surface area contributed by atoms with E-state index in [0.29, 0.717) is 5.92 Å². The molecule has 3 rings (SSSR count). The summed E-state index contributed by atoms with van der Waals surface area (Å²) >= 11 is 0. The predicted molar refractivity (Wildman–Crippen MR) is 103 cm³/mol. The molecule has 1 fully saturated rings. The van der Waals surface area contributed by atoms with Crippen molar-refractivity contribution in [2.75, 3.05) is 0 Å². The van der Waals surface area contributed by atoms with Crippen molar-refractivity contribution >= 4 is 11.7 Å².